The maximum Gasteiger partial charge on any atom is 0.0317 e. The fourth-order valence-electron chi connectivity index (χ4n) is 1.32. The first-order valence-electron chi connectivity index (χ1n) is 4.09. The van der Waals surface area contributed by atoms with E-state index in [0.717, 1.165) is 6.42 Å². The number of nitrogens with two attached hydrogens (primary N) is 1. The van der Waals surface area contributed by atoms with Gasteiger partial charge < -0.3 is 5.73 Å². The zero-order valence-corrected chi connectivity index (χ0v) is 9.78. The molecular formula is C9H14BrNS. The first kappa shape index (κ1) is 10.2. The fourth-order valence-corrected chi connectivity index (χ4v) is 3.16. The zero-order valence-electron chi connectivity index (χ0n) is 7.38. The number of hydrogen-bond acceptors (Lipinski definition) is 2. The third-order valence-corrected chi connectivity index (χ3v) is 3.92. The SMILES string of the molecule is CC(N)CC(C)c1sccc1Br. The Balaban J connectivity index is 2.65. The number of halogens is 1. The van der Waals surface area contributed by atoms with E-state index in [2.05, 4.69) is 41.2 Å². The van der Waals surface area contributed by atoms with Gasteiger partial charge in [0.1, 0.15) is 0 Å². The summed E-state index contributed by atoms with van der Waals surface area (Å²) in [5.74, 6) is 0.569. The summed E-state index contributed by atoms with van der Waals surface area (Å²) in [5.41, 5.74) is 5.74. The minimum Gasteiger partial charge on any atom is -0.328 e. The summed E-state index contributed by atoms with van der Waals surface area (Å²) in [4.78, 5) is 1.41. The molecule has 3 heteroatoms. The van der Waals surface area contributed by atoms with Crippen LogP contribution in [0.3, 0.4) is 0 Å². The molecule has 0 aromatic carbocycles. The molecule has 0 bridgehead atoms. The molecule has 0 spiro atoms. The summed E-state index contributed by atoms with van der Waals surface area (Å²) in [6.07, 6.45) is 1.05. The molecule has 0 aliphatic rings. The van der Waals surface area contributed by atoms with Crippen molar-refractivity contribution in [3.8, 4) is 0 Å². The topological polar surface area (TPSA) is 26.0 Å². The van der Waals surface area contributed by atoms with Crippen LogP contribution in [0.1, 0.15) is 31.1 Å². The first-order chi connectivity index (χ1) is 5.61. The molecule has 0 fully saturated rings. The maximum atomic E-state index is 5.74. The molecule has 0 saturated heterocycles. The van der Waals surface area contributed by atoms with Crippen molar-refractivity contribution in [3.05, 3.63) is 20.8 Å². The van der Waals surface area contributed by atoms with E-state index in [4.69, 9.17) is 5.73 Å². The lowest BCUT2D eigenvalue weighted by molar-refractivity contribution is 0.591. The van der Waals surface area contributed by atoms with Gasteiger partial charge in [-0.25, -0.2) is 0 Å². The third-order valence-electron chi connectivity index (χ3n) is 1.82. The standard InChI is InChI=1S/C9H14BrNS/c1-6(5-7(2)11)9-8(10)3-4-12-9/h3-4,6-7H,5,11H2,1-2H3. The van der Waals surface area contributed by atoms with E-state index >= 15 is 0 Å². The van der Waals surface area contributed by atoms with Crippen LogP contribution in [0.2, 0.25) is 0 Å². The highest BCUT2D eigenvalue weighted by Gasteiger charge is 2.11. The molecule has 12 heavy (non-hydrogen) atoms. The Hall–Kier alpha value is 0.140. The highest BCUT2D eigenvalue weighted by atomic mass is 79.9. The Bertz CT molecular complexity index is 244. The van der Waals surface area contributed by atoms with Crippen LogP contribution in [0.4, 0.5) is 0 Å². The molecule has 0 radical (unpaired) electrons. The Kier molecular flexibility index (Phi) is 3.75. The minimum absolute atomic E-state index is 0.286. The summed E-state index contributed by atoms with van der Waals surface area (Å²) in [6.45, 7) is 4.28. The van der Waals surface area contributed by atoms with Crippen molar-refractivity contribution >= 4 is 27.3 Å². The summed E-state index contributed by atoms with van der Waals surface area (Å²) in [5, 5.41) is 2.11. The van der Waals surface area contributed by atoms with E-state index in [1.807, 2.05) is 0 Å². The van der Waals surface area contributed by atoms with Crippen molar-refractivity contribution in [1.29, 1.82) is 0 Å². The van der Waals surface area contributed by atoms with Crippen LogP contribution in [0.25, 0.3) is 0 Å². The fraction of sp³-hybridized carbons (Fsp3) is 0.556. The highest BCUT2D eigenvalue weighted by Crippen LogP contribution is 2.32. The minimum atomic E-state index is 0.286. The van der Waals surface area contributed by atoms with Gasteiger partial charge in [-0.1, -0.05) is 6.92 Å². The van der Waals surface area contributed by atoms with E-state index in [1.54, 1.807) is 11.3 Å². The Morgan fingerprint density at radius 2 is 2.25 bits per heavy atom. The highest BCUT2D eigenvalue weighted by molar-refractivity contribution is 9.10. The van der Waals surface area contributed by atoms with Crippen molar-refractivity contribution in [3.63, 3.8) is 0 Å². The molecule has 1 nitrogen and oxygen atoms in total. The molecule has 1 aromatic heterocycles. The Morgan fingerprint density at radius 1 is 1.58 bits per heavy atom. The van der Waals surface area contributed by atoms with Gasteiger partial charge in [-0.3, -0.25) is 0 Å². The van der Waals surface area contributed by atoms with E-state index in [1.165, 1.54) is 9.35 Å². The van der Waals surface area contributed by atoms with Gasteiger partial charge in [-0.2, -0.15) is 0 Å². The molecular weight excluding hydrogens is 234 g/mol. The van der Waals surface area contributed by atoms with Crippen LogP contribution in [-0.4, -0.2) is 6.04 Å². The predicted octanol–water partition coefficient (Wildman–Crippen LogP) is 3.35. The lowest BCUT2D eigenvalue weighted by atomic mass is 10.0. The summed E-state index contributed by atoms with van der Waals surface area (Å²) in [6, 6.07) is 2.38. The van der Waals surface area contributed by atoms with Crippen LogP contribution in [0.5, 0.6) is 0 Å². The molecule has 0 aliphatic heterocycles. The summed E-state index contributed by atoms with van der Waals surface area (Å²) < 4.78 is 1.22. The monoisotopic (exact) mass is 247 g/mol. The summed E-state index contributed by atoms with van der Waals surface area (Å²) >= 11 is 5.32. The quantitative estimate of drug-likeness (QED) is 0.872. The molecule has 0 amide bonds. The Labute approximate surface area is 86.1 Å². The van der Waals surface area contributed by atoms with E-state index in [9.17, 15) is 0 Å². The lowest BCUT2D eigenvalue weighted by Crippen LogP contribution is -2.17. The lowest BCUT2D eigenvalue weighted by Gasteiger charge is -2.12. The third kappa shape index (κ3) is 2.57. The zero-order chi connectivity index (χ0) is 9.14. The Morgan fingerprint density at radius 3 is 2.67 bits per heavy atom. The van der Waals surface area contributed by atoms with Crippen molar-refractivity contribution in [2.24, 2.45) is 5.73 Å². The van der Waals surface area contributed by atoms with E-state index in [-0.39, 0.29) is 6.04 Å². The second-order valence-electron chi connectivity index (χ2n) is 3.25. The largest absolute Gasteiger partial charge is 0.328 e. The van der Waals surface area contributed by atoms with Crippen LogP contribution in [-0.2, 0) is 0 Å². The van der Waals surface area contributed by atoms with Gasteiger partial charge in [0, 0.05) is 15.4 Å². The van der Waals surface area contributed by atoms with Crippen molar-refractivity contribution in [2.75, 3.05) is 0 Å². The van der Waals surface area contributed by atoms with Crippen molar-refractivity contribution in [2.45, 2.75) is 32.2 Å². The van der Waals surface area contributed by atoms with Crippen LogP contribution >= 0.6 is 27.3 Å². The van der Waals surface area contributed by atoms with Gasteiger partial charge in [0.25, 0.3) is 0 Å². The number of hydrogen-bond donors (Lipinski definition) is 1. The van der Waals surface area contributed by atoms with Gasteiger partial charge in [0.2, 0.25) is 0 Å². The molecule has 0 saturated carbocycles. The van der Waals surface area contributed by atoms with Crippen molar-refractivity contribution in [1.82, 2.24) is 0 Å². The maximum absolute atomic E-state index is 5.74. The molecule has 2 N–H and O–H groups in total. The molecule has 2 atom stereocenters. The summed E-state index contributed by atoms with van der Waals surface area (Å²) in [7, 11) is 0. The van der Waals surface area contributed by atoms with E-state index < -0.39 is 0 Å². The molecule has 1 rings (SSSR count). The number of thiophene rings is 1. The van der Waals surface area contributed by atoms with Gasteiger partial charge >= 0.3 is 0 Å². The van der Waals surface area contributed by atoms with Gasteiger partial charge in [0.15, 0.2) is 0 Å². The van der Waals surface area contributed by atoms with Crippen LogP contribution < -0.4 is 5.73 Å². The molecule has 0 aliphatic carbocycles. The van der Waals surface area contributed by atoms with E-state index in [0.29, 0.717) is 5.92 Å². The number of rotatable bonds is 3. The van der Waals surface area contributed by atoms with Gasteiger partial charge in [-0.15, -0.1) is 11.3 Å². The second-order valence-corrected chi connectivity index (χ2v) is 5.05. The normalized spacial score (nSPS) is 16.0. The molecule has 2 unspecified atom stereocenters. The van der Waals surface area contributed by atoms with Crippen LogP contribution in [0.15, 0.2) is 15.9 Å². The smallest absolute Gasteiger partial charge is 0.0317 e. The van der Waals surface area contributed by atoms with Gasteiger partial charge in [0.05, 0.1) is 0 Å². The average molecular weight is 248 g/mol. The van der Waals surface area contributed by atoms with Gasteiger partial charge in [-0.05, 0) is 46.6 Å². The van der Waals surface area contributed by atoms with Crippen LogP contribution in [0, 0.1) is 0 Å². The molecule has 68 valence electrons. The predicted molar refractivity (Wildman–Crippen MR) is 58.7 cm³/mol. The second kappa shape index (κ2) is 4.40. The van der Waals surface area contributed by atoms with Crippen molar-refractivity contribution < 1.29 is 0 Å². The average Bonchev–Trinajstić information content (AvgIpc) is 2.33. The molecule has 1 aromatic rings. The molecule has 1 heterocycles. The first-order valence-corrected chi connectivity index (χ1v) is 5.77.